The fraction of sp³-hybridized carbons (Fsp3) is 0.391. The molecule has 3 aromatic rings. The number of carbonyl (C=O) groups excluding carboxylic acids is 1. The molecule has 1 amide bonds. The number of hydrogen-bond donors (Lipinski definition) is 1. The Morgan fingerprint density at radius 2 is 1.67 bits per heavy atom. The minimum Gasteiger partial charge on any atom is -0.347 e. The average Bonchev–Trinajstić information content (AvgIpc) is 3.04. The van der Waals surface area contributed by atoms with Crippen LogP contribution in [0.2, 0.25) is 0 Å². The van der Waals surface area contributed by atoms with Crippen LogP contribution in [0.4, 0.5) is 0 Å². The Bertz CT molecular complexity index is 1100. The number of nitrogens with zero attached hydrogens (tertiary/aromatic N) is 2. The number of benzene rings is 2. The van der Waals surface area contributed by atoms with E-state index in [-0.39, 0.29) is 24.2 Å². The van der Waals surface area contributed by atoms with Gasteiger partial charge in [0, 0.05) is 6.26 Å². The van der Waals surface area contributed by atoms with Crippen LogP contribution in [0.25, 0.3) is 11.0 Å². The number of carbonyl (C=O) groups is 1. The molecule has 160 valence electrons. The Hall–Kier alpha value is -2.67. The first-order chi connectivity index (χ1) is 14.3. The van der Waals surface area contributed by atoms with E-state index in [1.165, 1.54) is 6.26 Å². The van der Waals surface area contributed by atoms with Gasteiger partial charge in [-0.15, -0.1) is 0 Å². The first-order valence-corrected chi connectivity index (χ1v) is 12.3. The van der Waals surface area contributed by atoms with Crippen molar-refractivity contribution in [1.82, 2.24) is 14.9 Å². The monoisotopic (exact) mass is 427 g/mol. The highest BCUT2D eigenvalue weighted by molar-refractivity contribution is 7.89. The summed E-state index contributed by atoms with van der Waals surface area (Å²) in [6.45, 7) is 4.28. The maximum Gasteiger partial charge on any atom is 0.240 e. The molecule has 3 rings (SSSR count). The van der Waals surface area contributed by atoms with E-state index in [1.54, 1.807) is 4.57 Å². The van der Waals surface area contributed by atoms with E-state index in [0.29, 0.717) is 17.3 Å². The lowest BCUT2D eigenvalue weighted by Crippen LogP contribution is -2.35. The van der Waals surface area contributed by atoms with Crippen LogP contribution in [-0.2, 0) is 26.9 Å². The van der Waals surface area contributed by atoms with Gasteiger partial charge in [-0.05, 0) is 23.6 Å². The third kappa shape index (κ3) is 5.27. The Morgan fingerprint density at radius 1 is 1.03 bits per heavy atom. The largest absolute Gasteiger partial charge is 0.347 e. The summed E-state index contributed by atoms with van der Waals surface area (Å²) in [6.07, 6.45) is 3.07. The molecule has 0 fully saturated rings. The molecule has 0 aliphatic rings. The lowest BCUT2D eigenvalue weighted by Gasteiger charge is -2.27. The van der Waals surface area contributed by atoms with Gasteiger partial charge in [0.2, 0.25) is 5.91 Å². The van der Waals surface area contributed by atoms with E-state index in [0.717, 1.165) is 23.9 Å². The van der Waals surface area contributed by atoms with Crippen LogP contribution in [0.5, 0.6) is 0 Å². The number of aromatic nitrogens is 2. The van der Waals surface area contributed by atoms with Crippen molar-refractivity contribution in [3.63, 3.8) is 0 Å². The van der Waals surface area contributed by atoms with E-state index >= 15 is 0 Å². The smallest absolute Gasteiger partial charge is 0.240 e. The molecule has 1 unspecified atom stereocenters. The zero-order valence-corrected chi connectivity index (χ0v) is 18.5. The van der Waals surface area contributed by atoms with Crippen molar-refractivity contribution in [1.29, 1.82) is 0 Å². The Balaban J connectivity index is 1.90. The molecule has 6 nitrogen and oxygen atoms in total. The van der Waals surface area contributed by atoms with Gasteiger partial charge < -0.3 is 9.88 Å². The van der Waals surface area contributed by atoms with Gasteiger partial charge in [0.15, 0.2) is 9.84 Å². The Kier molecular flexibility index (Phi) is 6.92. The van der Waals surface area contributed by atoms with Crippen LogP contribution in [0.15, 0.2) is 54.6 Å². The fourth-order valence-corrected chi connectivity index (χ4v) is 4.59. The second-order valence-corrected chi connectivity index (χ2v) is 9.85. The number of amides is 1. The molecule has 0 bridgehead atoms. The molecule has 1 atom stereocenters. The van der Waals surface area contributed by atoms with Gasteiger partial charge in [-0.3, -0.25) is 4.79 Å². The molecule has 30 heavy (non-hydrogen) atoms. The number of fused-ring (bicyclic) bond motifs is 1. The van der Waals surface area contributed by atoms with Crippen molar-refractivity contribution in [2.75, 3.05) is 6.26 Å². The third-order valence-electron chi connectivity index (χ3n) is 5.42. The van der Waals surface area contributed by atoms with Crippen molar-refractivity contribution in [3.05, 3.63) is 66.0 Å². The maximum absolute atomic E-state index is 13.1. The molecule has 1 aromatic heterocycles. The van der Waals surface area contributed by atoms with E-state index in [1.807, 2.05) is 54.6 Å². The van der Waals surface area contributed by atoms with Crippen molar-refractivity contribution in [3.8, 4) is 0 Å². The molecule has 0 aliphatic heterocycles. The van der Waals surface area contributed by atoms with E-state index < -0.39 is 9.84 Å². The Morgan fingerprint density at radius 3 is 2.30 bits per heavy atom. The first kappa shape index (κ1) is 22.0. The van der Waals surface area contributed by atoms with Gasteiger partial charge in [-0.1, -0.05) is 69.2 Å². The second kappa shape index (κ2) is 9.43. The van der Waals surface area contributed by atoms with Gasteiger partial charge in [0.1, 0.15) is 18.1 Å². The van der Waals surface area contributed by atoms with Crippen LogP contribution < -0.4 is 5.32 Å². The summed E-state index contributed by atoms with van der Waals surface area (Å²) in [5.74, 6) is 0.330. The van der Waals surface area contributed by atoms with E-state index in [4.69, 9.17) is 0 Å². The van der Waals surface area contributed by atoms with Crippen molar-refractivity contribution in [2.45, 2.75) is 45.0 Å². The lowest BCUT2D eigenvalue weighted by molar-refractivity contribution is -0.122. The number of imidazole rings is 1. The molecular formula is C23H29N3O3S. The zero-order chi connectivity index (χ0) is 21.7. The number of rotatable bonds is 9. The highest BCUT2D eigenvalue weighted by Gasteiger charge is 2.24. The van der Waals surface area contributed by atoms with Crippen molar-refractivity contribution < 1.29 is 13.2 Å². The normalized spacial score (nSPS) is 12.9. The molecule has 1 heterocycles. The summed E-state index contributed by atoms with van der Waals surface area (Å²) in [5, 5.41) is 3.19. The summed E-state index contributed by atoms with van der Waals surface area (Å²) in [4.78, 5) is 17.5. The molecule has 0 saturated carbocycles. The van der Waals surface area contributed by atoms with Crippen molar-refractivity contribution >= 4 is 26.8 Å². The number of hydrogen-bond acceptors (Lipinski definition) is 4. The molecule has 0 aliphatic carbocycles. The van der Waals surface area contributed by atoms with Gasteiger partial charge in [-0.25, -0.2) is 13.4 Å². The lowest BCUT2D eigenvalue weighted by atomic mass is 9.89. The van der Waals surface area contributed by atoms with Crippen LogP contribution in [0.1, 0.15) is 44.1 Å². The summed E-state index contributed by atoms with van der Waals surface area (Å²) < 4.78 is 25.5. The minimum absolute atomic E-state index is 0.0227. The molecule has 0 saturated heterocycles. The summed E-state index contributed by atoms with van der Waals surface area (Å²) in [7, 11) is -3.29. The zero-order valence-electron chi connectivity index (χ0n) is 17.7. The summed E-state index contributed by atoms with van der Waals surface area (Å²) in [5.41, 5.74) is 2.51. The van der Waals surface area contributed by atoms with Crippen molar-refractivity contribution in [2.24, 2.45) is 5.92 Å². The minimum atomic E-state index is -3.29. The standard InChI is InChI=1S/C23H29N3O3S/c1-4-17(5-2)23(18-11-7-6-8-12-18)25-22(27)15-26-20-14-10-9-13-19(20)24-21(26)16-30(3,28)29/h6-14,17,23H,4-5,15-16H2,1-3H3,(H,25,27). The molecule has 7 heteroatoms. The molecule has 0 radical (unpaired) electrons. The van der Waals surface area contributed by atoms with Crippen LogP contribution in [0, 0.1) is 5.92 Å². The third-order valence-corrected chi connectivity index (χ3v) is 6.20. The predicted octanol–water partition coefficient (Wildman–Crippen LogP) is 3.87. The summed E-state index contributed by atoms with van der Waals surface area (Å²) in [6, 6.07) is 17.3. The average molecular weight is 428 g/mol. The SMILES string of the molecule is CCC(CC)C(NC(=O)Cn1c(CS(C)(=O)=O)nc2ccccc21)c1ccccc1. The number of nitrogens with one attached hydrogen (secondary N) is 1. The molecule has 0 spiro atoms. The highest BCUT2D eigenvalue weighted by atomic mass is 32.2. The Labute approximate surface area is 178 Å². The van der Waals surface area contributed by atoms with Gasteiger partial charge in [0.25, 0.3) is 0 Å². The van der Waals surface area contributed by atoms with Gasteiger partial charge in [0.05, 0.1) is 17.1 Å². The summed E-state index contributed by atoms with van der Waals surface area (Å²) >= 11 is 0. The van der Waals surface area contributed by atoms with Crippen LogP contribution in [0.3, 0.4) is 0 Å². The maximum atomic E-state index is 13.1. The quantitative estimate of drug-likeness (QED) is 0.562. The van der Waals surface area contributed by atoms with Crippen LogP contribution in [-0.4, -0.2) is 30.1 Å². The topological polar surface area (TPSA) is 81.1 Å². The van der Waals surface area contributed by atoms with Crippen LogP contribution >= 0.6 is 0 Å². The van der Waals surface area contributed by atoms with E-state index in [9.17, 15) is 13.2 Å². The number of sulfone groups is 1. The predicted molar refractivity (Wildman–Crippen MR) is 120 cm³/mol. The van der Waals surface area contributed by atoms with E-state index in [2.05, 4.69) is 24.1 Å². The molecule has 1 N–H and O–H groups in total. The van der Waals surface area contributed by atoms with Gasteiger partial charge in [-0.2, -0.15) is 0 Å². The highest BCUT2D eigenvalue weighted by Crippen LogP contribution is 2.27. The van der Waals surface area contributed by atoms with Gasteiger partial charge >= 0.3 is 0 Å². The molecule has 2 aromatic carbocycles. The first-order valence-electron chi connectivity index (χ1n) is 10.3. The second-order valence-electron chi connectivity index (χ2n) is 7.71. The molecular weight excluding hydrogens is 398 g/mol. The fourth-order valence-electron chi connectivity index (χ4n) is 3.90. The number of para-hydroxylation sites is 2.